The maximum absolute atomic E-state index is 13.7. The van der Waals surface area contributed by atoms with Crippen LogP contribution in [0.4, 0.5) is 10.1 Å². The van der Waals surface area contributed by atoms with E-state index in [0.29, 0.717) is 28.0 Å². The lowest BCUT2D eigenvalue weighted by molar-refractivity contribution is -0.116. The van der Waals surface area contributed by atoms with E-state index in [2.05, 4.69) is 11.9 Å². The van der Waals surface area contributed by atoms with Gasteiger partial charge in [-0.2, -0.15) is 0 Å². The van der Waals surface area contributed by atoms with Crippen LogP contribution in [0, 0.1) is 5.82 Å². The number of hydrogen-bond acceptors (Lipinski definition) is 3. The van der Waals surface area contributed by atoms with Crippen molar-refractivity contribution >= 4 is 27.2 Å². The minimum Gasteiger partial charge on any atom is -0.347 e. The molecule has 1 N–H and O–H groups in total. The topological polar surface area (TPSA) is 66.5 Å². The normalized spacial score (nSPS) is 14.6. The zero-order chi connectivity index (χ0) is 22.7. The molecule has 3 aromatic rings. The van der Waals surface area contributed by atoms with E-state index in [1.165, 1.54) is 34.6 Å². The minimum atomic E-state index is -4.18. The Morgan fingerprint density at radius 3 is 2.31 bits per heavy atom. The molecule has 0 radical (unpaired) electrons. The highest BCUT2D eigenvalue weighted by molar-refractivity contribution is 7.97. The third-order valence-corrected chi connectivity index (χ3v) is 6.98. The number of nitrogens with one attached hydrogen (secondary N) is 1. The van der Waals surface area contributed by atoms with Crippen LogP contribution in [0.5, 0.6) is 0 Å². The predicted molar refractivity (Wildman–Crippen MR) is 124 cm³/mol. The molecule has 0 unspecified atom stereocenters. The molecule has 0 fully saturated rings. The first-order chi connectivity index (χ1) is 15.4. The molecule has 0 saturated carbocycles. The van der Waals surface area contributed by atoms with Gasteiger partial charge in [0.1, 0.15) is 5.82 Å². The maximum atomic E-state index is 13.7. The summed E-state index contributed by atoms with van der Waals surface area (Å²) in [5, 5.41) is 2.69. The van der Waals surface area contributed by atoms with E-state index in [4.69, 9.17) is 0 Å². The quantitative estimate of drug-likeness (QED) is 0.574. The standard InChI is InChI=1S/C25H21FN2O3S/c1-2-16-28-22-11-7-6-10-21(22)23(19-8-4-3-5-9-19)24(32(28,30)31)25(29)27-17-18-12-14-20(26)15-13-18/h2-15H,1,16-17H2,(H,27,29). The SMILES string of the molecule is C=CCN1c2ccccc2C(c2ccccc2)=C(C(=O)NCc2ccc(F)cc2)S1(=O)=O. The molecule has 0 atom stereocenters. The number of benzene rings is 3. The van der Waals surface area contributed by atoms with E-state index in [1.807, 2.05) is 6.07 Å². The summed E-state index contributed by atoms with van der Waals surface area (Å²) < 4.78 is 41.7. The first-order valence-electron chi connectivity index (χ1n) is 9.99. The van der Waals surface area contributed by atoms with E-state index in [-0.39, 0.29) is 23.8 Å². The van der Waals surface area contributed by atoms with E-state index >= 15 is 0 Å². The highest BCUT2D eigenvalue weighted by atomic mass is 32.2. The molecular formula is C25H21FN2O3S. The Balaban J connectivity index is 1.87. The Bertz CT molecular complexity index is 1300. The van der Waals surface area contributed by atoms with Gasteiger partial charge in [0.25, 0.3) is 15.9 Å². The molecule has 0 aliphatic carbocycles. The number of para-hydroxylation sites is 1. The molecule has 0 spiro atoms. The number of carbonyl (C=O) groups excluding carboxylic acids is 1. The first-order valence-corrected chi connectivity index (χ1v) is 11.4. The van der Waals surface area contributed by atoms with Crippen LogP contribution < -0.4 is 9.62 Å². The summed E-state index contributed by atoms with van der Waals surface area (Å²) in [4.78, 5) is 13.0. The summed E-state index contributed by atoms with van der Waals surface area (Å²) >= 11 is 0. The van der Waals surface area contributed by atoms with Crippen molar-refractivity contribution in [2.24, 2.45) is 0 Å². The Kier molecular flexibility index (Phi) is 5.92. The fourth-order valence-corrected chi connectivity index (χ4v) is 5.43. The van der Waals surface area contributed by atoms with E-state index in [1.54, 1.807) is 48.5 Å². The third kappa shape index (κ3) is 3.94. The highest BCUT2D eigenvalue weighted by Gasteiger charge is 2.40. The molecule has 5 nitrogen and oxygen atoms in total. The highest BCUT2D eigenvalue weighted by Crippen LogP contribution is 2.42. The summed E-state index contributed by atoms with van der Waals surface area (Å²) in [6.45, 7) is 3.75. The number of halogens is 1. The molecule has 1 amide bonds. The molecular weight excluding hydrogens is 427 g/mol. The lowest BCUT2D eigenvalue weighted by atomic mass is 9.95. The Labute approximate surface area is 186 Å². The molecule has 1 aliphatic heterocycles. The van der Waals surface area contributed by atoms with Crippen molar-refractivity contribution in [3.63, 3.8) is 0 Å². The van der Waals surface area contributed by atoms with Crippen LogP contribution in [0.25, 0.3) is 5.57 Å². The molecule has 0 bridgehead atoms. The second kappa shape index (κ2) is 8.80. The Hall–Kier alpha value is -3.71. The van der Waals surface area contributed by atoms with Gasteiger partial charge in [-0.1, -0.05) is 66.7 Å². The molecule has 4 rings (SSSR count). The van der Waals surface area contributed by atoms with Crippen molar-refractivity contribution in [1.29, 1.82) is 0 Å². The van der Waals surface area contributed by atoms with Crippen molar-refractivity contribution in [1.82, 2.24) is 5.32 Å². The van der Waals surface area contributed by atoms with Crippen LogP contribution in [0.1, 0.15) is 16.7 Å². The average Bonchev–Trinajstić information content (AvgIpc) is 2.80. The van der Waals surface area contributed by atoms with Crippen molar-refractivity contribution in [2.75, 3.05) is 10.8 Å². The molecule has 7 heteroatoms. The Morgan fingerprint density at radius 1 is 0.969 bits per heavy atom. The second-order valence-corrected chi connectivity index (χ2v) is 9.02. The van der Waals surface area contributed by atoms with Crippen molar-refractivity contribution < 1.29 is 17.6 Å². The van der Waals surface area contributed by atoms with Gasteiger partial charge < -0.3 is 5.32 Å². The van der Waals surface area contributed by atoms with E-state index < -0.39 is 15.9 Å². The van der Waals surface area contributed by atoms with Gasteiger partial charge in [0.15, 0.2) is 4.91 Å². The van der Waals surface area contributed by atoms with E-state index in [9.17, 15) is 17.6 Å². The third-order valence-electron chi connectivity index (χ3n) is 5.15. The number of carbonyl (C=O) groups is 1. The number of sulfonamides is 1. The minimum absolute atomic E-state index is 0.0240. The number of rotatable bonds is 6. The monoisotopic (exact) mass is 448 g/mol. The number of fused-ring (bicyclic) bond motifs is 1. The molecule has 0 aromatic heterocycles. The molecule has 32 heavy (non-hydrogen) atoms. The summed E-state index contributed by atoms with van der Waals surface area (Å²) in [7, 11) is -4.18. The maximum Gasteiger partial charge on any atom is 0.270 e. The van der Waals surface area contributed by atoms with Crippen molar-refractivity contribution in [3.8, 4) is 0 Å². The smallest absolute Gasteiger partial charge is 0.270 e. The molecule has 1 aliphatic rings. The first kappa shape index (κ1) is 21.5. The summed E-state index contributed by atoms with van der Waals surface area (Å²) in [6.07, 6.45) is 1.48. The fraction of sp³-hybridized carbons (Fsp3) is 0.0800. The van der Waals surface area contributed by atoms with Crippen LogP contribution >= 0.6 is 0 Å². The lowest BCUT2D eigenvalue weighted by Crippen LogP contribution is -2.41. The number of nitrogens with zero attached hydrogens (tertiary/aromatic N) is 1. The number of hydrogen-bond donors (Lipinski definition) is 1. The summed E-state index contributed by atoms with van der Waals surface area (Å²) in [5.41, 5.74) is 2.74. The molecule has 3 aromatic carbocycles. The number of anilines is 1. The summed E-state index contributed by atoms with van der Waals surface area (Å²) in [6, 6.07) is 21.7. The van der Waals surface area contributed by atoms with Gasteiger partial charge in [-0.15, -0.1) is 6.58 Å². The van der Waals surface area contributed by atoms with Gasteiger partial charge in [0, 0.05) is 17.7 Å². The van der Waals surface area contributed by atoms with Gasteiger partial charge >= 0.3 is 0 Å². The van der Waals surface area contributed by atoms with Crippen LogP contribution in [-0.4, -0.2) is 20.9 Å². The van der Waals surface area contributed by atoms with Gasteiger partial charge in [-0.3, -0.25) is 9.10 Å². The van der Waals surface area contributed by atoms with Crippen molar-refractivity contribution in [3.05, 3.63) is 119 Å². The fourth-order valence-electron chi connectivity index (χ4n) is 3.69. The van der Waals surface area contributed by atoms with Crippen LogP contribution in [0.3, 0.4) is 0 Å². The van der Waals surface area contributed by atoms with Crippen LogP contribution in [0.15, 0.2) is 96.4 Å². The van der Waals surface area contributed by atoms with Gasteiger partial charge in [-0.25, -0.2) is 12.8 Å². The largest absolute Gasteiger partial charge is 0.347 e. The average molecular weight is 449 g/mol. The van der Waals surface area contributed by atoms with Gasteiger partial charge in [0.2, 0.25) is 0 Å². The van der Waals surface area contributed by atoms with Crippen molar-refractivity contribution in [2.45, 2.75) is 6.54 Å². The van der Waals surface area contributed by atoms with Crippen LogP contribution in [0.2, 0.25) is 0 Å². The molecule has 162 valence electrons. The van der Waals surface area contributed by atoms with E-state index in [0.717, 1.165) is 0 Å². The second-order valence-electron chi connectivity index (χ2n) is 7.22. The van der Waals surface area contributed by atoms with Gasteiger partial charge in [0.05, 0.1) is 12.2 Å². The molecule has 1 heterocycles. The zero-order valence-electron chi connectivity index (χ0n) is 17.2. The van der Waals surface area contributed by atoms with Gasteiger partial charge in [-0.05, 0) is 29.3 Å². The van der Waals surface area contributed by atoms with Crippen LogP contribution in [-0.2, 0) is 21.4 Å². The molecule has 0 saturated heterocycles. The predicted octanol–water partition coefficient (Wildman–Crippen LogP) is 4.24. The number of amides is 1. The zero-order valence-corrected chi connectivity index (χ0v) is 18.0. The Morgan fingerprint density at radius 2 is 1.62 bits per heavy atom. The lowest BCUT2D eigenvalue weighted by Gasteiger charge is -2.32. The summed E-state index contributed by atoms with van der Waals surface area (Å²) in [5.74, 6) is -1.11.